The van der Waals surface area contributed by atoms with Crippen LogP contribution < -0.4 is 5.32 Å². The molecule has 126 valence electrons. The number of nitrogens with one attached hydrogen (secondary N) is 1. The van der Waals surface area contributed by atoms with Gasteiger partial charge in [0.2, 0.25) is 0 Å². The maximum atomic E-state index is 12.8. The largest absolute Gasteiger partial charge is 0.408 e. The Kier molecular flexibility index (Phi) is 4.47. The Morgan fingerprint density at radius 2 is 1.92 bits per heavy atom. The summed E-state index contributed by atoms with van der Waals surface area (Å²) in [6, 6.07) is 5.78. The molecule has 0 spiro atoms. The molecular formula is C17H15F4N3. The number of hydrogen-bond donors (Lipinski definition) is 1. The fraction of sp³-hybridized carbons (Fsp3) is 0.353. The molecule has 0 bridgehead atoms. The zero-order valence-corrected chi connectivity index (χ0v) is 12.7. The summed E-state index contributed by atoms with van der Waals surface area (Å²) >= 11 is 0. The molecule has 0 radical (unpaired) electrons. The molecule has 24 heavy (non-hydrogen) atoms. The second-order valence-corrected chi connectivity index (χ2v) is 5.68. The third-order valence-electron chi connectivity index (χ3n) is 3.54. The molecule has 1 aromatic carbocycles. The molecular weight excluding hydrogens is 322 g/mol. The number of anilines is 1. The van der Waals surface area contributed by atoms with Crippen LogP contribution in [0.2, 0.25) is 0 Å². The summed E-state index contributed by atoms with van der Waals surface area (Å²) in [5, 5.41) is 7.07. The Morgan fingerprint density at radius 3 is 2.54 bits per heavy atom. The summed E-state index contributed by atoms with van der Waals surface area (Å²) < 4.78 is 51.2. The average Bonchev–Trinajstić information content (AvgIpc) is 3.27. The highest BCUT2D eigenvalue weighted by Gasteiger charge is 2.32. The van der Waals surface area contributed by atoms with E-state index in [1.807, 2.05) is 0 Å². The fourth-order valence-electron chi connectivity index (χ4n) is 2.31. The highest BCUT2D eigenvalue weighted by atomic mass is 19.4. The van der Waals surface area contributed by atoms with E-state index < -0.39 is 12.7 Å². The number of rotatable bonds is 4. The summed E-state index contributed by atoms with van der Waals surface area (Å²) in [5.74, 6) is 5.64. The third kappa shape index (κ3) is 4.51. The van der Waals surface area contributed by atoms with Gasteiger partial charge in [0.15, 0.2) is 0 Å². The lowest BCUT2D eigenvalue weighted by atomic mass is 10.2. The molecule has 0 amide bonds. The number of nitrogens with zero attached hydrogens (tertiary/aromatic N) is 2. The van der Waals surface area contributed by atoms with Crippen molar-refractivity contribution >= 4 is 5.69 Å². The molecule has 3 nitrogen and oxygen atoms in total. The van der Waals surface area contributed by atoms with Crippen LogP contribution in [0.3, 0.4) is 0 Å². The van der Waals surface area contributed by atoms with E-state index in [0.717, 1.165) is 17.5 Å². The first-order chi connectivity index (χ1) is 11.4. The first-order valence-corrected chi connectivity index (χ1v) is 7.53. The van der Waals surface area contributed by atoms with Gasteiger partial charge in [-0.05, 0) is 37.1 Å². The van der Waals surface area contributed by atoms with Crippen molar-refractivity contribution in [1.82, 2.24) is 9.78 Å². The highest BCUT2D eigenvalue weighted by molar-refractivity contribution is 5.50. The van der Waals surface area contributed by atoms with E-state index in [1.54, 1.807) is 12.1 Å². The van der Waals surface area contributed by atoms with Gasteiger partial charge < -0.3 is 5.32 Å². The molecule has 0 atom stereocenters. The Labute approximate surface area is 136 Å². The van der Waals surface area contributed by atoms with Crippen LogP contribution in [0, 0.1) is 17.7 Å². The molecule has 0 aliphatic heterocycles. The van der Waals surface area contributed by atoms with Crippen molar-refractivity contribution in [2.75, 3.05) is 11.9 Å². The maximum absolute atomic E-state index is 12.8. The zero-order valence-electron chi connectivity index (χ0n) is 12.7. The van der Waals surface area contributed by atoms with E-state index in [0.29, 0.717) is 16.9 Å². The SMILES string of the molecule is Fc1ccc(C#CCNc2cn(CC(F)(F)F)nc2C2CC2)cc1. The molecule has 0 saturated heterocycles. The van der Waals surface area contributed by atoms with Crippen molar-refractivity contribution in [1.29, 1.82) is 0 Å². The molecule has 1 heterocycles. The van der Waals surface area contributed by atoms with Crippen LogP contribution in [0.15, 0.2) is 30.5 Å². The van der Waals surface area contributed by atoms with E-state index in [-0.39, 0.29) is 18.3 Å². The van der Waals surface area contributed by atoms with E-state index in [1.165, 1.54) is 18.3 Å². The second-order valence-electron chi connectivity index (χ2n) is 5.68. The standard InChI is InChI=1S/C17H15F4N3/c18-14-7-3-12(4-8-14)2-1-9-22-15-10-24(11-17(19,20)21)23-16(15)13-5-6-13/h3-4,7-8,10,13,22H,5-6,9,11H2. The van der Waals surface area contributed by atoms with E-state index >= 15 is 0 Å². The minimum atomic E-state index is -4.30. The first-order valence-electron chi connectivity index (χ1n) is 7.53. The van der Waals surface area contributed by atoms with Gasteiger partial charge in [0.05, 0.1) is 17.9 Å². The smallest absolute Gasteiger partial charge is 0.371 e. The molecule has 7 heteroatoms. The molecule has 1 aliphatic rings. The lowest BCUT2D eigenvalue weighted by molar-refractivity contribution is -0.142. The molecule has 1 aliphatic carbocycles. The zero-order chi connectivity index (χ0) is 17.2. The molecule has 1 N–H and O–H groups in total. The quantitative estimate of drug-likeness (QED) is 0.677. The van der Waals surface area contributed by atoms with Gasteiger partial charge in [0.1, 0.15) is 12.4 Å². The monoisotopic (exact) mass is 337 g/mol. The van der Waals surface area contributed by atoms with Gasteiger partial charge in [-0.2, -0.15) is 18.3 Å². The summed E-state index contributed by atoms with van der Waals surface area (Å²) in [6.07, 6.45) is -1.04. The summed E-state index contributed by atoms with van der Waals surface area (Å²) in [6.45, 7) is -0.829. The Morgan fingerprint density at radius 1 is 1.21 bits per heavy atom. The van der Waals surface area contributed by atoms with Crippen molar-refractivity contribution in [2.45, 2.75) is 31.5 Å². The van der Waals surface area contributed by atoms with Crippen LogP contribution in [0.25, 0.3) is 0 Å². The van der Waals surface area contributed by atoms with Crippen LogP contribution in [-0.2, 0) is 6.54 Å². The van der Waals surface area contributed by atoms with E-state index in [4.69, 9.17) is 0 Å². The molecule has 1 fully saturated rings. The Hall–Kier alpha value is -2.49. The highest BCUT2D eigenvalue weighted by Crippen LogP contribution is 2.42. The summed E-state index contributed by atoms with van der Waals surface area (Å²) in [7, 11) is 0. The van der Waals surface area contributed by atoms with Crippen LogP contribution in [0.4, 0.5) is 23.2 Å². The van der Waals surface area contributed by atoms with Gasteiger partial charge in [-0.3, -0.25) is 4.68 Å². The molecule has 0 unspecified atom stereocenters. The van der Waals surface area contributed by atoms with Crippen molar-refractivity contribution < 1.29 is 17.6 Å². The lowest BCUT2D eigenvalue weighted by Gasteiger charge is -2.05. The van der Waals surface area contributed by atoms with Gasteiger partial charge in [-0.15, -0.1) is 0 Å². The minimum Gasteiger partial charge on any atom is -0.371 e. The van der Waals surface area contributed by atoms with Crippen molar-refractivity contribution in [3.63, 3.8) is 0 Å². The van der Waals surface area contributed by atoms with Gasteiger partial charge in [-0.25, -0.2) is 4.39 Å². The van der Waals surface area contributed by atoms with E-state index in [9.17, 15) is 17.6 Å². The molecule has 1 aromatic heterocycles. The van der Waals surface area contributed by atoms with Gasteiger partial charge >= 0.3 is 6.18 Å². The fourth-order valence-corrected chi connectivity index (χ4v) is 2.31. The van der Waals surface area contributed by atoms with Gasteiger partial charge in [-0.1, -0.05) is 11.8 Å². The van der Waals surface area contributed by atoms with Crippen LogP contribution in [-0.4, -0.2) is 22.5 Å². The van der Waals surface area contributed by atoms with Gasteiger partial charge in [0.25, 0.3) is 0 Å². The predicted molar refractivity (Wildman–Crippen MR) is 82.0 cm³/mol. The molecule has 2 aromatic rings. The average molecular weight is 337 g/mol. The van der Waals surface area contributed by atoms with Crippen LogP contribution in [0.1, 0.15) is 30.0 Å². The number of benzene rings is 1. The van der Waals surface area contributed by atoms with Crippen molar-refractivity contribution in [2.24, 2.45) is 0 Å². The third-order valence-corrected chi connectivity index (χ3v) is 3.54. The molecule has 3 rings (SSSR count). The first kappa shape index (κ1) is 16.4. The number of halogens is 4. The Bertz CT molecular complexity index is 762. The van der Waals surface area contributed by atoms with Crippen molar-refractivity contribution in [3.05, 3.63) is 47.5 Å². The normalized spacial score (nSPS) is 14.2. The number of alkyl halides is 3. The number of aromatic nitrogens is 2. The second kappa shape index (κ2) is 6.56. The summed E-state index contributed by atoms with van der Waals surface area (Å²) in [4.78, 5) is 0. The summed E-state index contributed by atoms with van der Waals surface area (Å²) in [5.41, 5.74) is 1.94. The Balaban J connectivity index is 1.65. The molecule has 1 saturated carbocycles. The van der Waals surface area contributed by atoms with E-state index in [2.05, 4.69) is 22.3 Å². The lowest BCUT2D eigenvalue weighted by Crippen LogP contribution is -2.18. The van der Waals surface area contributed by atoms with Crippen LogP contribution in [0.5, 0.6) is 0 Å². The predicted octanol–water partition coefficient (Wildman–Crippen LogP) is 3.93. The van der Waals surface area contributed by atoms with Gasteiger partial charge in [0, 0.05) is 17.7 Å². The van der Waals surface area contributed by atoms with Crippen LogP contribution >= 0.6 is 0 Å². The van der Waals surface area contributed by atoms with Crippen molar-refractivity contribution in [3.8, 4) is 11.8 Å². The maximum Gasteiger partial charge on any atom is 0.408 e. The topological polar surface area (TPSA) is 29.9 Å². The number of hydrogen-bond acceptors (Lipinski definition) is 2. The minimum absolute atomic E-state index is 0.229.